The molecular weight excluding hydrogens is 321 g/mol. The van der Waals surface area contributed by atoms with Gasteiger partial charge in [-0.15, -0.1) is 0 Å². The van der Waals surface area contributed by atoms with Gasteiger partial charge in [-0.05, 0) is 0 Å². The Morgan fingerprint density at radius 1 is 1.50 bits per heavy atom. The van der Waals surface area contributed by atoms with Crippen molar-refractivity contribution in [2.45, 2.75) is 2.27 Å². The summed E-state index contributed by atoms with van der Waals surface area (Å²) in [6.07, 6.45) is 0. The maximum atomic E-state index is 9.69. The molecule has 0 saturated heterocycles. The summed E-state index contributed by atoms with van der Waals surface area (Å²) in [6, 6.07) is 0. The number of halogens is 3. The number of alkyl halides is 3. The zero-order valence-corrected chi connectivity index (χ0v) is 10.7. The molecule has 8 heavy (non-hydrogen) atoms. The molecule has 0 aromatic heterocycles. The average molecular weight is 322 g/mol. The van der Waals surface area contributed by atoms with Crippen molar-refractivity contribution < 1.29 is 35.9 Å². The Bertz CT molecular complexity index is 94.3. The monoisotopic (exact) mass is 319 g/mol. The van der Waals surface area contributed by atoms with Crippen LogP contribution >= 0.6 is 47.8 Å². The summed E-state index contributed by atoms with van der Waals surface area (Å²) < 4.78 is -1.34. The zero-order valence-electron chi connectivity index (χ0n) is 4.90. The van der Waals surface area contributed by atoms with Crippen molar-refractivity contribution in [3.05, 3.63) is 10.1 Å². The van der Waals surface area contributed by atoms with E-state index in [1.165, 1.54) is 0 Å². The molecule has 0 aromatic rings. The molecule has 0 unspecified atom stereocenters. The Labute approximate surface area is 94.9 Å². The van der Waals surface area contributed by atoms with E-state index in [-0.39, 0.29) is 31.0 Å². The van der Waals surface area contributed by atoms with Crippen molar-refractivity contribution in [1.29, 1.82) is 0 Å². The van der Waals surface area contributed by atoms with Gasteiger partial charge >= 0.3 is 31.8 Å². The van der Waals surface area contributed by atoms with Crippen molar-refractivity contribution in [2.75, 3.05) is 0 Å². The van der Waals surface area contributed by atoms with Gasteiger partial charge in [0.25, 0.3) is 0 Å². The predicted molar refractivity (Wildman–Crippen MR) is 37.6 cm³/mol. The fourth-order valence-electron chi connectivity index (χ4n) is 0. The molecule has 44 valence electrons. The van der Waals surface area contributed by atoms with Crippen LogP contribution in [0, 0.1) is 10.1 Å². The Kier molecular flexibility index (Phi) is 7.23. The first-order chi connectivity index (χ1) is 2.94. The van der Waals surface area contributed by atoms with Gasteiger partial charge in [0.15, 0.2) is 0 Å². The molecule has 0 fully saturated rings. The molecule has 0 N–H and O–H groups in total. The van der Waals surface area contributed by atoms with Crippen LogP contribution in [0.15, 0.2) is 0 Å². The van der Waals surface area contributed by atoms with Crippen LogP contribution in [0.25, 0.3) is 0 Å². The van der Waals surface area contributed by atoms with Crippen molar-refractivity contribution in [1.82, 2.24) is 0 Å². The minimum absolute atomic E-state index is 0. The Morgan fingerprint density at radius 2 is 1.62 bits per heavy atom. The second kappa shape index (κ2) is 4.62. The van der Waals surface area contributed by atoms with Gasteiger partial charge in [0.2, 0.25) is 0 Å². The first-order valence-corrected chi connectivity index (χ1v) is 3.53. The molecule has 0 amide bonds. The van der Waals surface area contributed by atoms with Gasteiger partial charge in [0.1, 0.15) is 0 Å². The smallest absolute Gasteiger partial charge is 1.00 e. The predicted octanol–water partition coefficient (Wildman–Crippen LogP) is -0.824. The molecular formula is CHBr3NNaO2. The summed E-state index contributed by atoms with van der Waals surface area (Å²) in [6.45, 7) is 0. The normalized spacial score (nSPS) is 9.88. The molecule has 7 heteroatoms. The first-order valence-electron chi connectivity index (χ1n) is 1.16. The average Bonchev–Trinajstić information content (AvgIpc) is 1.31. The summed E-state index contributed by atoms with van der Waals surface area (Å²) >= 11 is 8.03. The molecule has 0 bridgehead atoms. The minimum atomic E-state index is -1.34. The molecule has 0 aliphatic heterocycles. The Morgan fingerprint density at radius 3 is 1.62 bits per heavy atom. The number of hydrogen-bond acceptors (Lipinski definition) is 2. The van der Waals surface area contributed by atoms with Crippen molar-refractivity contribution in [3.8, 4) is 0 Å². The van der Waals surface area contributed by atoms with E-state index in [1.807, 2.05) is 0 Å². The van der Waals surface area contributed by atoms with Crippen LogP contribution in [0.1, 0.15) is 1.43 Å². The molecule has 0 aliphatic rings. The first kappa shape index (κ1) is 12.5. The summed E-state index contributed by atoms with van der Waals surface area (Å²) in [5, 5.41) is 9.69. The van der Waals surface area contributed by atoms with Gasteiger partial charge in [-0.1, -0.05) is 0 Å². The van der Waals surface area contributed by atoms with Gasteiger partial charge < -0.3 is 1.43 Å². The molecule has 0 saturated carbocycles. The minimum Gasteiger partial charge on any atom is -1.00 e. The van der Waals surface area contributed by atoms with Crippen LogP contribution in [0.4, 0.5) is 0 Å². The zero-order chi connectivity index (χ0) is 6.08. The number of nitrogens with zero attached hydrogens (tertiary/aromatic N) is 1. The molecule has 3 nitrogen and oxygen atoms in total. The molecule has 0 atom stereocenters. The summed E-state index contributed by atoms with van der Waals surface area (Å²) in [5.41, 5.74) is 0. The van der Waals surface area contributed by atoms with Gasteiger partial charge in [-0.25, -0.2) is 0 Å². The van der Waals surface area contributed by atoms with Crippen LogP contribution in [-0.2, 0) is 0 Å². The largest absolute Gasteiger partial charge is 1.00 e. The molecule has 0 rings (SSSR count). The van der Waals surface area contributed by atoms with Gasteiger partial charge in [-0.2, -0.15) is 0 Å². The van der Waals surface area contributed by atoms with Gasteiger partial charge in [0.05, 0.1) is 4.92 Å². The number of hydrogen-bond donors (Lipinski definition) is 0. The summed E-state index contributed by atoms with van der Waals surface area (Å²) in [7, 11) is 0. The van der Waals surface area contributed by atoms with E-state index in [4.69, 9.17) is 0 Å². The van der Waals surface area contributed by atoms with Gasteiger partial charge in [0, 0.05) is 47.8 Å². The maximum Gasteiger partial charge on any atom is 1.00 e. The second-order valence-corrected chi connectivity index (χ2v) is 7.36. The Hall–Kier alpha value is 1.84. The third kappa shape index (κ3) is 5.97. The molecule has 0 spiro atoms. The number of nitro groups is 1. The van der Waals surface area contributed by atoms with E-state index in [0.717, 1.165) is 0 Å². The molecule has 0 radical (unpaired) electrons. The molecule has 0 aromatic carbocycles. The molecule has 0 aliphatic carbocycles. The van der Waals surface area contributed by atoms with E-state index >= 15 is 0 Å². The summed E-state index contributed by atoms with van der Waals surface area (Å²) in [5.74, 6) is 0. The summed E-state index contributed by atoms with van der Waals surface area (Å²) in [4.78, 5) is 9.12. The third-order valence-corrected chi connectivity index (χ3v) is 1.08. The van der Waals surface area contributed by atoms with Crippen LogP contribution < -0.4 is 29.6 Å². The maximum absolute atomic E-state index is 9.69. The SMILES string of the molecule is O=[N+]([O-])C(Br)(Br)Br.[H-].[Na+]. The fraction of sp³-hybridized carbons (Fsp3) is 1.00. The standard InChI is InChI=1S/CBr3NO2.Na.H/c2-1(3,4)5(6)7;;/q;+1;-1. The van der Waals surface area contributed by atoms with Crippen LogP contribution in [0.5, 0.6) is 0 Å². The van der Waals surface area contributed by atoms with Crippen LogP contribution in [0.2, 0.25) is 0 Å². The van der Waals surface area contributed by atoms with E-state index in [9.17, 15) is 10.1 Å². The van der Waals surface area contributed by atoms with Gasteiger partial charge in [-0.3, -0.25) is 10.1 Å². The fourth-order valence-corrected chi connectivity index (χ4v) is 0. The third-order valence-electron chi connectivity index (χ3n) is 0.207. The quantitative estimate of drug-likeness (QED) is 0.192. The molecule has 0 heterocycles. The van der Waals surface area contributed by atoms with Crippen LogP contribution in [0.3, 0.4) is 0 Å². The van der Waals surface area contributed by atoms with E-state index < -0.39 is 7.19 Å². The van der Waals surface area contributed by atoms with E-state index in [1.54, 1.807) is 0 Å². The van der Waals surface area contributed by atoms with Crippen molar-refractivity contribution in [2.24, 2.45) is 0 Å². The van der Waals surface area contributed by atoms with Crippen molar-refractivity contribution >= 4 is 47.8 Å². The van der Waals surface area contributed by atoms with Crippen molar-refractivity contribution in [3.63, 3.8) is 0 Å². The Balaban J connectivity index is -0.000000180. The van der Waals surface area contributed by atoms with E-state index in [0.29, 0.717) is 0 Å². The van der Waals surface area contributed by atoms with E-state index in [2.05, 4.69) is 47.8 Å². The van der Waals surface area contributed by atoms with Crippen LogP contribution in [-0.4, -0.2) is 7.19 Å². The number of rotatable bonds is 0. The topological polar surface area (TPSA) is 43.1 Å². The second-order valence-electron chi connectivity index (χ2n) is 0.725.